The van der Waals surface area contributed by atoms with Crippen LogP contribution in [0.2, 0.25) is 0 Å². The fraction of sp³-hybridized carbons (Fsp3) is 0.273. The molecule has 1 saturated heterocycles. The first-order valence-corrected chi connectivity index (χ1v) is 14.5. The van der Waals surface area contributed by atoms with Gasteiger partial charge in [-0.3, -0.25) is 33.7 Å². The van der Waals surface area contributed by atoms with Crippen LogP contribution in [0, 0.1) is 0 Å². The van der Waals surface area contributed by atoms with Crippen molar-refractivity contribution < 1.29 is 43.0 Å². The Labute approximate surface area is 264 Å². The number of benzene rings is 3. The number of cyclic esters (lactones) is 1. The van der Waals surface area contributed by atoms with E-state index in [1.165, 1.54) is 4.90 Å². The third-order valence-electron chi connectivity index (χ3n) is 7.30. The summed E-state index contributed by atoms with van der Waals surface area (Å²) in [5.74, 6) is -3.72. The Morgan fingerprint density at radius 1 is 0.870 bits per heavy atom. The van der Waals surface area contributed by atoms with Crippen molar-refractivity contribution in [2.45, 2.75) is 38.3 Å². The van der Waals surface area contributed by atoms with Gasteiger partial charge in [-0.25, -0.2) is 0 Å². The van der Waals surface area contributed by atoms with Crippen molar-refractivity contribution in [1.29, 1.82) is 0 Å². The first kappa shape index (κ1) is 31.9. The van der Waals surface area contributed by atoms with Crippen LogP contribution in [0.5, 0.6) is 0 Å². The summed E-state index contributed by atoms with van der Waals surface area (Å²) in [6.07, 6.45) is -1.18. The molecule has 0 aliphatic carbocycles. The van der Waals surface area contributed by atoms with Crippen LogP contribution in [0.25, 0.3) is 0 Å². The maximum Gasteiger partial charge on any atom is 0.310 e. The molecule has 0 saturated carbocycles. The second-order valence-electron chi connectivity index (χ2n) is 10.6. The van der Waals surface area contributed by atoms with Gasteiger partial charge in [-0.15, -0.1) is 0 Å². The van der Waals surface area contributed by atoms with Gasteiger partial charge in [-0.2, -0.15) is 0 Å². The topological polar surface area (TPSA) is 161 Å². The molecule has 2 aliphatic heterocycles. The number of nitrogens with one attached hydrogen (secondary N) is 2. The van der Waals surface area contributed by atoms with Gasteiger partial charge in [0.1, 0.15) is 18.6 Å². The van der Waals surface area contributed by atoms with Crippen LogP contribution < -0.4 is 20.4 Å². The van der Waals surface area contributed by atoms with Crippen molar-refractivity contribution in [2.24, 2.45) is 0 Å². The number of fused-ring (bicyclic) bond motifs is 1. The molecule has 3 aromatic carbocycles. The Morgan fingerprint density at radius 3 is 2.22 bits per heavy atom. The van der Waals surface area contributed by atoms with Gasteiger partial charge >= 0.3 is 11.9 Å². The van der Waals surface area contributed by atoms with Crippen molar-refractivity contribution in [1.82, 2.24) is 10.6 Å². The van der Waals surface area contributed by atoms with Crippen LogP contribution in [-0.4, -0.2) is 73.6 Å². The van der Waals surface area contributed by atoms with Crippen LogP contribution in [-0.2, 0) is 44.8 Å². The molecule has 0 bridgehead atoms. The summed E-state index contributed by atoms with van der Waals surface area (Å²) in [6.45, 7) is -0.111. The fourth-order valence-corrected chi connectivity index (χ4v) is 5.12. The average molecular weight is 629 g/mol. The number of amides is 4. The van der Waals surface area contributed by atoms with Gasteiger partial charge in [-0.05, 0) is 29.8 Å². The van der Waals surface area contributed by atoms with Gasteiger partial charge in [0.05, 0.1) is 30.9 Å². The first-order chi connectivity index (χ1) is 22.2. The molecule has 2 heterocycles. The third-order valence-corrected chi connectivity index (χ3v) is 7.30. The molecule has 0 aromatic heterocycles. The van der Waals surface area contributed by atoms with Crippen LogP contribution >= 0.6 is 0 Å². The lowest BCUT2D eigenvalue weighted by Crippen LogP contribution is -2.55. The second kappa shape index (κ2) is 14.5. The highest BCUT2D eigenvalue weighted by molar-refractivity contribution is 6.11. The predicted octanol–water partition coefficient (Wildman–Crippen LogP) is 1.70. The van der Waals surface area contributed by atoms with Crippen molar-refractivity contribution in [3.8, 4) is 0 Å². The minimum atomic E-state index is -1.28. The molecule has 5 rings (SSSR count). The molecule has 0 spiro atoms. The minimum absolute atomic E-state index is 0.135. The normalized spacial score (nSPS) is 19.0. The van der Waals surface area contributed by atoms with E-state index in [4.69, 9.17) is 14.2 Å². The standard InChI is InChI=1S/C33H32N4O9/c1-21(38)44-20-29(40)36-17-25(35-31(42)23-12-6-3-7-13-23)32(43)37(27-15-9-8-14-26(27)36)18-28(39)34-24-16-30(41)46-33(24)45-19-22-10-4-2-5-11-22/h2-15,24-25,33H,16-20H2,1H3,(H,34,39)(H,35,42)/t24-,25-,33?/m0/s1. The molecule has 3 atom stereocenters. The van der Waals surface area contributed by atoms with Crippen molar-refractivity contribution in [3.63, 3.8) is 0 Å². The van der Waals surface area contributed by atoms with E-state index in [0.29, 0.717) is 0 Å². The molecular weight excluding hydrogens is 596 g/mol. The van der Waals surface area contributed by atoms with Crippen LogP contribution in [0.1, 0.15) is 29.3 Å². The average Bonchev–Trinajstić information content (AvgIpc) is 3.36. The number of carbonyl (C=O) groups excluding carboxylic acids is 6. The molecule has 2 aliphatic rings. The summed E-state index contributed by atoms with van der Waals surface area (Å²) < 4.78 is 16.0. The summed E-state index contributed by atoms with van der Waals surface area (Å²) >= 11 is 0. The van der Waals surface area contributed by atoms with Crippen LogP contribution in [0.3, 0.4) is 0 Å². The lowest BCUT2D eigenvalue weighted by Gasteiger charge is -2.26. The van der Waals surface area contributed by atoms with E-state index in [1.807, 2.05) is 30.3 Å². The molecule has 4 amide bonds. The molecule has 0 radical (unpaired) electrons. The number of para-hydroxylation sites is 2. The molecule has 1 fully saturated rings. The molecule has 13 nitrogen and oxygen atoms in total. The van der Waals surface area contributed by atoms with Crippen molar-refractivity contribution in [2.75, 3.05) is 29.5 Å². The first-order valence-electron chi connectivity index (χ1n) is 14.5. The van der Waals surface area contributed by atoms with E-state index in [2.05, 4.69) is 10.6 Å². The largest absolute Gasteiger partial charge is 0.456 e. The maximum atomic E-state index is 14.1. The summed E-state index contributed by atoms with van der Waals surface area (Å²) in [7, 11) is 0. The number of hydrogen-bond donors (Lipinski definition) is 2. The van der Waals surface area contributed by atoms with Gasteiger partial charge in [0.15, 0.2) is 6.61 Å². The molecule has 46 heavy (non-hydrogen) atoms. The number of nitrogens with zero attached hydrogens (tertiary/aromatic N) is 2. The number of hydrogen-bond acceptors (Lipinski definition) is 9. The fourth-order valence-electron chi connectivity index (χ4n) is 5.12. The minimum Gasteiger partial charge on any atom is -0.456 e. The van der Waals surface area contributed by atoms with Gasteiger partial charge in [-0.1, -0.05) is 60.7 Å². The summed E-state index contributed by atoms with van der Waals surface area (Å²) in [5, 5.41) is 5.42. The SMILES string of the molecule is CC(=O)OCC(=O)N1C[C@H](NC(=O)c2ccccc2)C(=O)N(CC(=O)N[C@H]2CC(=O)OC2OCc2ccccc2)c2ccccc21. The van der Waals surface area contributed by atoms with Gasteiger partial charge < -0.3 is 29.7 Å². The molecule has 238 valence electrons. The number of anilines is 2. The van der Waals surface area contributed by atoms with Gasteiger partial charge in [0.2, 0.25) is 12.2 Å². The van der Waals surface area contributed by atoms with E-state index in [9.17, 15) is 28.8 Å². The molecule has 1 unspecified atom stereocenters. The Hall–Kier alpha value is -5.56. The lowest BCUT2D eigenvalue weighted by atomic mass is 10.1. The Bertz CT molecular complexity index is 1620. The van der Waals surface area contributed by atoms with Crippen molar-refractivity contribution in [3.05, 3.63) is 96.1 Å². The van der Waals surface area contributed by atoms with E-state index < -0.39 is 67.1 Å². The quantitative estimate of drug-likeness (QED) is 0.319. The zero-order chi connectivity index (χ0) is 32.6. The summed E-state index contributed by atoms with van der Waals surface area (Å²) in [6, 6.07) is 21.8. The van der Waals surface area contributed by atoms with Crippen molar-refractivity contribution >= 4 is 46.9 Å². The lowest BCUT2D eigenvalue weighted by molar-refractivity contribution is -0.168. The number of esters is 2. The van der Waals surface area contributed by atoms with Gasteiger partial charge in [0, 0.05) is 12.5 Å². The Balaban J connectivity index is 1.38. The predicted molar refractivity (Wildman–Crippen MR) is 163 cm³/mol. The van der Waals surface area contributed by atoms with E-state index in [1.54, 1.807) is 54.6 Å². The molecule has 2 N–H and O–H groups in total. The number of carbonyl (C=O) groups is 6. The van der Waals surface area contributed by atoms with E-state index in [0.717, 1.165) is 17.4 Å². The molecule has 3 aromatic rings. The highest BCUT2D eigenvalue weighted by Crippen LogP contribution is 2.33. The maximum absolute atomic E-state index is 14.1. The third kappa shape index (κ3) is 7.74. The number of ether oxygens (including phenoxy) is 3. The Morgan fingerprint density at radius 2 is 1.52 bits per heavy atom. The highest BCUT2D eigenvalue weighted by Gasteiger charge is 2.40. The van der Waals surface area contributed by atoms with E-state index in [-0.39, 0.29) is 36.5 Å². The smallest absolute Gasteiger partial charge is 0.310 e. The summed E-state index contributed by atoms with van der Waals surface area (Å²) in [4.78, 5) is 79.9. The second-order valence-corrected chi connectivity index (χ2v) is 10.6. The monoisotopic (exact) mass is 628 g/mol. The highest BCUT2D eigenvalue weighted by atomic mass is 16.7. The molecule has 13 heteroatoms. The Kier molecular flexibility index (Phi) is 10.0. The van der Waals surface area contributed by atoms with Gasteiger partial charge in [0.25, 0.3) is 17.7 Å². The number of rotatable bonds is 10. The summed E-state index contributed by atoms with van der Waals surface area (Å²) in [5.41, 5.74) is 1.61. The van der Waals surface area contributed by atoms with E-state index >= 15 is 0 Å². The van der Waals surface area contributed by atoms with Crippen LogP contribution in [0.4, 0.5) is 11.4 Å². The zero-order valence-electron chi connectivity index (χ0n) is 24.9. The molecular formula is C33H32N4O9. The van der Waals surface area contributed by atoms with Crippen LogP contribution in [0.15, 0.2) is 84.9 Å². The zero-order valence-corrected chi connectivity index (χ0v) is 24.9.